The molecule has 0 heterocycles. The summed E-state index contributed by atoms with van der Waals surface area (Å²) >= 11 is 5.64. The van der Waals surface area contributed by atoms with Gasteiger partial charge in [-0.15, -0.1) is 11.6 Å². The van der Waals surface area contributed by atoms with Gasteiger partial charge in [0.15, 0.2) is 0 Å². The zero-order chi connectivity index (χ0) is 13.6. The summed E-state index contributed by atoms with van der Waals surface area (Å²) in [6.45, 7) is 3.77. The molecule has 0 aromatic heterocycles. The van der Waals surface area contributed by atoms with Crippen LogP contribution in [0, 0.1) is 5.92 Å². The van der Waals surface area contributed by atoms with Gasteiger partial charge >= 0.3 is 0 Å². The fourth-order valence-electron chi connectivity index (χ4n) is 1.72. The van der Waals surface area contributed by atoms with E-state index in [0.717, 1.165) is 18.4 Å². The fourth-order valence-corrected chi connectivity index (χ4v) is 3.30. The molecule has 1 aromatic rings. The molecule has 0 saturated carbocycles. The van der Waals surface area contributed by atoms with Crippen LogP contribution in [0.5, 0.6) is 0 Å². The number of benzene rings is 1. The standard InChI is InChI=1S/C13H20ClNO2S/c1-11(2)10-18(16,17)15-13-7-3-5-12(9-13)6-4-8-14/h3,5,7,9,11,15H,4,6,8,10H2,1-2H3. The van der Waals surface area contributed by atoms with Crippen LogP contribution in [0.15, 0.2) is 24.3 Å². The Morgan fingerprint density at radius 2 is 2.06 bits per heavy atom. The molecular weight excluding hydrogens is 270 g/mol. The van der Waals surface area contributed by atoms with Crippen molar-refractivity contribution in [3.05, 3.63) is 29.8 Å². The van der Waals surface area contributed by atoms with Gasteiger partial charge in [-0.1, -0.05) is 26.0 Å². The highest BCUT2D eigenvalue weighted by Gasteiger charge is 2.12. The monoisotopic (exact) mass is 289 g/mol. The fraction of sp³-hybridized carbons (Fsp3) is 0.538. The minimum Gasteiger partial charge on any atom is -0.284 e. The Kier molecular flexibility index (Phi) is 5.96. The summed E-state index contributed by atoms with van der Waals surface area (Å²) in [5.74, 6) is 0.865. The Morgan fingerprint density at radius 3 is 2.67 bits per heavy atom. The molecule has 0 aliphatic carbocycles. The Bertz CT molecular complexity index is 472. The molecular formula is C13H20ClNO2S. The lowest BCUT2D eigenvalue weighted by atomic mass is 10.1. The van der Waals surface area contributed by atoms with Crippen molar-refractivity contribution in [2.45, 2.75) is 26.7 Å². The zero-order valence-corrected chi connectivity index (χ0v) is 12.4. The summed E-state index contributed by atoms with van der Waals surface area (Å²) in [4.78, 5) is 0. The maximum Gasteiger partial charge on any atom is 0.232 e. The normalized spacial score (nSPS) is 11.8. The first-order valence-corrected chi connectivity index (χ1v) is 8.27. The molecule has 0 aliphatic rings. The van der Waals surface area contributed by atoms with Crippen LogP contribution in [0.2, 0.25) is 0 Å². The minimum atomic E-state index is -3.25. The van der Waals surface area contributed by atoms with Crippen LogP contribution in [0.25, 0.3) is 0 Å². The first-order chi connectivity index (χ1) is 8.43. The molecule has 0 aliphatic heterocycles. The smallest absolute Gasteiger partial charge is 0.232 e. The van der Waals surface area contributed by atoms with E-state index in [1.807, 2.05) is 32.0 Å². The SMILES string of the molecule is CC(C)CS(=O)(=O)Nc1cccc(CCCCl)c1. The molecule has 1 N–H and O–H groups in total. The molecule has 3 nitrogen and oxygen atoms in total. The second-order valence-corrected chi connectivity index (χ2v) is 6.92. The Labute approximate surface area is 115 Å². The molecule has 0 radical (unpaired) electrons. The topological polar surface area (TPSA) is 46.2 Å². The molecule has 1 rings (SSSR count). The van der Waals surface area contributed by atoms with Crippen LogP contribution >= 0.6 is 11.6 Å². The van der Waals surface area contributed by atoms with Crippen LogP contribution < -0.4 is 4.72 Å². The number of aryl methyl sites for hydroxylation is 1. The quantitative estimate of drug-likeness (QED) is 0.783. The average Bonchev–Trinajstić information content (AvgIpc) is 2.24. The Balaban J connectivity index is 2.72. The van der Waals surface area contributed by atoms with Gasteiger partial charge in [-0.05, 0) is 36.5 Å². The number of hydrogen-bond donors (Lipinski definition) is 1. The van der Waals surface area contributed by atoms with E-state index in [1.165, 1.54) is 0 Å². The van der Waals surface area contributed by atoms with Crippen molar-refractivity contribution < 1.29 is 8.42 Å². The lowest BCUT2D eigenvalue weighted by Gasteiger charge is -2.10. The second kappa shape index (κ2) is 7.00. The van der Waals surface area contributed by atoms with Crippen LogP contribution in [0.4, 0.5) is 5.69 Å². The highest BCUT2D eigenvalue weighted by atomic mass is 35.5. The molecule has 5 heteroatoms. The van der Waals surface area contributed by atoms with Gasteiger partial charge in [-0.25, -0.2) is 8.42 Å². The van der Waals surface area contributed by atoms with Gasteiger partial charge in [-0.2, -0.15) is 0 Å². The van der Waals surface area contributed by atoms with Crippen molar-refractivity contribution in [1.29, 1.82) is 0 Å². The summed E-state index contributed by atoms with van der Waals surface area (Å²) in [5.41, 5.74) is 1.73. The van der Waals surface area contributed by atoms with Gasteiger partial charge in [-0.3, -0.25) is 4.72 Å². The van der Waals surface area contributed by atoms with Gasteiger partial charge < -0.3 is 0 Å². The largest absolute Gasteiger partial charge is 0.284 e. The first kappa shape index (κ1) is 15.3. The molecule has 0 unspecified atom stereocenters. The summed E-state index contributed by atoms with van der Waals surface area (Å²) in [5, 5.41) is 0. The van der Waals surface area contributed by atoms with E-state index >= 15 is 0 Å². The number of hydrogen-bond acceptors (Lipinski definition) is 2. The molecule has 1 aromatic carbocycles. The lowest BCUT2D eigenvalue weighted by Crippen LogP contribution is -2.20. The Hall–Kier alpha value is -0.740. The summed E-state index contributed by atoms with van der Waals surface area (Å²) in [6.07, 6.45) is 1.76. The third kappa shape index (κ3) is 5.74. The maximum atomic E-state index is 11.8. The molecule has 0 atom stereocenters. The van der Waals surface area contributed by atoms with E-state index in [4.69, 9.17) is 11.6 Å². The predicted octanol–water partition coefficient (Wildman–Crippen LogP) is 3.26. The molecule has 18 heavy (non-hydrogen) atoms. The molecule has 102 valence electrons. The summed E-state index contributed by atoms with van der Waals surface area (Å²) < 4.78 is 26.2. The van der Waals surface area contributed by atoms with Gasteiger partial charge in [0.05, 0.1) is 5.75 Å². The summed E-state index contributed by atoms with van der Waals surface area (Å²) in [7, 11) is -3.25. The van der Waals surface area contributed by atoms with E-state index in [9.17, 15) is 8.42 Å². The van der Waals surface area contributed by atoms with Crippen molar-refractivity contribution in [2.24, 2.45) is 5.92 Å². The number of alkyl halides is 1. The lowest BCUT2D eigenvalue weighted by molar-refractivity contribution is 0.587. The first-order valence-electron chi connectivity index (χ1n) is 6.08. The van der Waals surface area contributed by atoms with Gasteiger partial charge in [0.1, 0.15) is 0 Å². The van der Waals surface area contributed by atoms with E-state index in [-0.39, 0.29) is 11.7 Å². The highest BCUT2D eigenvalue weighted by molar-refractivity contribution is 7.92. The van der Waals surface area contributed by atoms with Crippen molar-refractivity contribution in [1.82, 2.24) is 0 Å². The third-order valence-corrected chi connectivity index (χ3v) is 4.27. The van der Waals surface area contributed by atoms with Crippen LogP contribution in [-0.4, -0.2) is 20.1 Å². The second-order valence-electron chi connectivity index (χ2n) is 4.77. The summed E-state index contributed by atoms with van der Waals surface area (Å²) in [6, 6.07) is 7.47. The zero-order valence-electron chi connectivity index (χ0n) is 10.8. The number of halogens is 1. The van der Waals surface area contributed by atoms with Gasteiger partial charge in [0.25, 0.3) is 0 Å². The number of sulfonamides is 1. The van der Waals surface area contributed by atoms with Gasteiger partial charge in [0.2, 0.25) is 10.0 Å². The number of nitrogens with one attached hydrogen (secondary N) is 1. The Morgan fingerprint density at radius 1 is 1.33 bits per heavy atom. The molecule has 0 saturated heterocycles. The average molecular weight is 290 g/mol. The van der Waals surface area contributed by atoms with Crippen molar-refractivity contribution in [3.63, 3.8) is 0 Å². The molecule has 0 spiro atoms. The maximum absolute atomic E-state index is 11.8. The number of anilines is 1. The van der Waals surface area contributed by atoms with Crippen molar-refractivity contribution in [2.75, 3.05) is 16.4 Å². The molecule has 0 bridgehead atoms. The minimum absolute atomic E-state index is 0.113. The van der Waals surface area contributed by atoms with Gasteiger partial charge in [0, 0.05) is 11.6 Å². The van der Waals surface area contributed by atoms with E-state index in [1.54, 1.807) is 6.07 Å². The van der Waals surface area contributed by atoms with E-state index < -0.39 is 10.0 Å². The number of rotatable bonds is 7. The molecule has 0 amide bonds. The van der Waals surface area contributed by atoms with Crippen molar-refractivity contribution in [3.8, 4) is 0 Å². The van der Waals surface area contributed by atoms with E-state index in [0.29, 0.717) is 11.6 Å². The van der Waals surface area contributed by atoms with Crippen LogP contribution in [0.3, 0.4) is 0 Å². The van der Waals surface area contributed by atoms with Crippen LogP contribution in [-0.2, 0) is 16.4 Å². The van der Waals surface area contributed by atoms with Crippen LogP contribution in [0.1, 0.15) is 25.8 Å². The molecule has 0 fully saturated rings. The van der Waals surface area contributed by atoms with E-state index in [2.05, 4.69) is 4.72 Å². The highest BCUT2D eigenvalue weighted by Crippen LogP contribution is 2.15. The predicted molar refractivity (Wildman–Crippen MR) is 77.7 cm³/mol. The van der Waals surface area contributed by atoms with Crippen molar-refractivity contribution >= 4 is 27.3 Å². The third-order valence-electron chi connectivity index (χ3n) is 2.35.